The van der Waals surface area contributed by atoms with E-state index in [1.54, 1.807) is 0 Å². The van der Waals surface area contributed by atoms with Crippen LogP contribution in [0.4, 0.5) is 0 Å². The van der Waals surface area contributed by atoms with Crippen molar-refractivity contribution < 1.29 is 0 Å². The third-order valence-electron chi connectivity index (χ3n) is 5.67. The highest BCUT2D eigenvalue weighted by molar-refractivity contribution is 5.07. The lowest BCUT2D eigenvalue weighted by molar-refractivity contribution is -0.0182. The van der Waals surface area contributed by atoms with Gasteiger partial charge < -0.3 is 10.6 Å². The lowest BCUT2D eigenvalue weighted by Crippen LogP contribution is -2.63. The number of rotatable bonds is 5. The van der Waals surface area contributed by atoms with Crippen LogP contribution in [0.25, 0.3) is 0 Å². The Morgan fingerprint density at radius 1 is 1.28 bits per heavy atom. The Labute approximate surface area is 113 Å². The molecular formula is C15H31N3. The normalized spacial score (nSPS) is 38.3. The fourth-order valence-corrected chi connectivity index (χ4v) is 4.40. The van der Waals surface area contributed by atoms with Crippen LogP contribution in [0.3, 0.4) is 0 Å². The maximum Gasteiger partial charge on any atom is 0.0364 e. The average Bonchev–Trinajstić information content (AvgIpc) is 2.62. The summed E-state index contributed by atoms with van der Waals surface area (Å²) < 4.78 is 0. The van der Waals surface area contributed by atoms with Gasteiger partial charge >= 0.3 is 0 Å². The van der Waals surface area contributed by atoms with Crippen molar-refractivity contribution in [1.82, 2.24) is 9.80 Å². The Balaban J connectivity index is 2.20. The van der Waals surface area contributed by atoms with Crippen molar-refractivity contribution in [3.63, 3.8) is 0 Å². The summed E-state index contributed by atoms with van der Waals surface area (Å²) in [6, 6.07) is 2.19. The zero-order chi connectivity index (χ0) is 13.3. The van der Waals surface area contributed by atoms with Gasteiger partial charge in [-0.15, -0.1) is 0 Å². The van der Waals surface area contributed by atoms with Crippen LogP contribution in [0, 0.1) is 0 Å². The van der Waals surface area contributed by atoms with Crippen molar-refractivity contribution in [2.75, 3.05) is 20.1 Å². The van der Waals surface area contributed by atoms with Gasteiger partial charge in [0, 0.05) is 30.2 Å². The van der Waals surface area contributed by atoms with Crippen molar-refractivity contribution in [3.05, 3.63) is 0 Å². The molecule has 0 aromatic carbocycles. The van der Waals surface area contributed by atoms with Crippen molar-refractivity contribution in [2.24, 2.45) is 5.73 Å². The first-order valence-corrected chi connectivity index (χ1v) is 7.76. The number of fused-ring (bicyclic) bond motifs is 2. The molecule has 0 aliphatic carbocycles. The van der Waals surface area contributed by atoms with Crippen molar-refractivity contribution in [2.45, 2.75) is 76.5 Å². The molecular weight excluding hydrogens is 222 g/mol. The summed E-state index contributed by atoms with van der Waals surface area (Å²) in [5, 5.41) is 0. The molecule has 2 aliphatic heterocycles. The van der Waals surface area contributed by atoms with Crippen LogP contribution in [0.1, 0.15) is 52.9 Å². The van der Waals surface area contributed by atoms with Crippen LogP contribution in [0.2, 0.25) is 0 Å². The third kappa shape index (κ3) is 2.21. The Kier molecular flexibility index (Phi) is 4.35. The predicted octanol–water partition coefficient (Wildman–Crippen LogP) is 2.06. The second kappa shape index (κ2) is 5.48. The van der Waals surface area contributed by atoms with Crippen LogP contribution in [-0.2, 0) is 0 Å². The van der Waals surface area contributed by atoms with E-state index in [1.165, 1.54) is 32.1 Å². The van der Waals surface area contributed by atoms with E-state index in [9.17, 15) is 0 Å². The van der Waals surface area contributed by atoms with Crippen LogP contribution >= 0.6 is 0 Å². The molecule has 3 unspecified atom stereocenters. The van der Waals surface area contributed by atoms with Gasteiger partial charge in [-0.05, 0) is 52.6 Å². The number of likely N-dealkylation sites (N-methyl/N-ethyl adjacent to an activating group) is 1. The van der Waals surface area contributed by atoms with Gasteiger partial charge in [0.05, 0.1) is 0 Å². The summed E-state index contributed by atoms with van der Waals surface area (Å²) in [7, 11) is 2.31. The van der Waals surface area contributed by atoms with E-state index in [4.69, 9.17) is 5.73 Å². The fourth-order valence-electron chi connectivity index (χ4n) is 4.40. The van der Waals surface area contributed by atoms with E-state index in [0.29, 0.717) is 6.04 Å². The zero-order valence-electron chi connectivity index (χ0n) is 12.7. The van der Waals surface area contributed by atoms with Gasteiger partial charge in [-0.3, -0.25) is 4.90 Å². The molecule has 0 amide bonds. The molecule has 0 aromatic heterocycles. The van der Waals surface area contributed by atoms with Gasteiger partial charge in [0.2, 0.25) is 0 Å². The zero-order valence-corrected chi connectivity index (χ0v) is 12.7. The molecule has 3 nitrogen and oxygen atoms in total. The molecule has 18 heavy (non-hydrogen) atoms. The van der Waals surface area contributed by atoms with Crippen molar-refractivity contribution in [3.8, 4) is 0 Å². The molecule has 2 aliphatic rings. The molecule has 3 heteroatoms. The van der Waals surface area contributed by atoms with Crippen LogP contribution in [0.5, 0.6) is 0 Å². The number of piperidine rings is 1. The standard InChI is InChI=1S/C15H31N3/c1-5-12(3)18(6-2)15(11-16)9-13-7-8-14(10-15)17(13)4/h12-14H,5-11,16H2,1-4H3. The van der Waals surface area contributed by atoms with E-state index in [2.05, 4.69) is 37.6 Å². The molecule has 0 saturated carbocycles. The van der Waals surface area contributed by atoms with Gasteiger partial charge in [-0.25, -0.2) is 0 Å². The highest BCUT2D eigenvalue weighted by Gasteiger charge is 2.49. The number of hydrogen-bond donors (Lipinski definition) is 1. The largest absolute Gasteiger partial charge is 0.329 e. The lowest BCUT2D eigenvalue weighted by atomic mass is 9.80. The minimum absolute atomic E-state index is 0.266. The quantitative estimate of drug-likeness (QED) is 0.814. The highest BCUT2D eigenvalue weighted by Crippen LogP contribution is 2.43. The van der Waals surface area contributed by atoms with Crippen molar-refractivity contribution in [1.29, 1.82) is 0 Å². The molecule has 0 spiro atoms. The Morgan fingerprint density at radius 3 is 2.22 bits per heavy atom. The van der Waals surface area contributed by atoms with Gasteiger partial charge in [0.15, 0.2) is 0 Å². The minimum atomic E-state index is 0.266. The molecule has 2 rings (SSSR count). The first kappa shape index (κ1) is 14.3. The topological polar surface area (TPSA) is 32.5 Å². The molecule has 0 aromatic rings. The average molecular weight is 253 g/mol. The van der Waals surface area contributed by atoms with Crippen LogP contribution < -0.4 is 5.73 Å². The molecule has 2 fully saturated rings. The smallest absolute Gasteiger partial charge is 0.0364 e. The highest BCUT2D eigenvalue weighted by atomic mass is 15.3. The van der Waals surface area contributed by atoms with E-state index < -0.39 is 0 Å². The molecule has 2 heterocycles. The second-order valence-corrected chi connectivity index (χ2v) is 6.43. The molecule has 2 N–H and O–H groups in total. The molecule has 2 saturated heterocycles. The lowest BCUT2D eigenvalue weighted by Gasteiger charge is -2.52. The van der Waals surface area contributed by atoms with E-state index in [0.717, 1.165) is 25.2 Å². The van der Waals surface area contributed by atoms with E-state index in [-0.39, 0.29) is 5.54 Å². The maximum atomic E-state index is 6.24. The summed E-state index contributed by atoms with van der Waals surface area (Å²) >= 11 is 0. The maximum absolute atomic E-state index is 6.24. The monoisotopic (exact) mass is 253 g/mol. The number of nitrogens with zero attached hydrogens (tertiary/aromatic N) is 2. The van der Waals surface area contributed by atoms with Gasteiger partial charge in [0.1, 0.15) is 0 Å². The number of nitrogens with two attached hydrogens (primary N) is 1. The molecule has 2 bridgehead atoms. The minimum Gasteiger partial charge on any atom is -0.329 e. The van der Waals surface area contributed by atoms with Crippen LogP contribution in [0.15, 0.2) is 0 Å². The Hall–Kier alpha value is -0.120. The second-order valence-electron chi connectivity index (χ2n) is 6.43. The van der Waals surface area contributed by atoms with Crippen molar-refractivity contribution >= 4 is 0 Å². The first-order chi connectivity index (χ1) is 8.57. The Bertz CT molecular complexity index is 265. The predicted molar refractivity (Wildman–Crippen MR) is 77.7 cm³/mol. The summed E-state index contributed by atoms with van der Waals surface area (Å²) in [5.74, 6) is 0. The van der Waals surface area contributed by atoms with Gasteiger partial charge in [0.25, 0.3) is 0 Å². The van der Waals surface area contributed by atoms with E-state index in [1.807, 2.05) is 0 Å². The van der Waals surface area contributed by atoms with E-state index >= 15 is 0 Å². The summed E-state index contributed by atoms with van der Waals surface area (Å²) in [6.07, 6.45) is 6.52. The van der Waals surface area contributed by atoms with Gasteiger partial charge in [-0.1, -0.05) is 13.8 Å². The summed E-state index contributed by atoms with van der Waals surface area (Å²) in [5.41, 5.74) is 6.51. The number of hydrogen-bond acceptors (Lipinski definition) is 3. The summed E-state index contributed by atoms with van der Waals surface area (Å²) in [4.78, 5) is 5.31. The van der Waals surface area contributed by atoms with Gasteiger partial charge in [-0.2, -0.15) is 0 Å². The first-order valence-electron chi connectivity index (χ1n) is 7.76. The molecule has 106 valence electrons. The third-order valence-corrected chi connectivity index (χ3v) is 5.67. The Morgan fingerprint density at radius 2 is 1.83 bits per heavy atom. The molecule has 0 radical (unpaired) electrons. The fraction of sp³-hybridized carbons (Fsp3) is 1.00. The van der Waals surface area contributed by atoms with Crippen LogP contribution in [-0.4, -0.2) is 53.6 Å². The summed E-state index contributed by atoms with van der Waals surface area (Å²) in [6.45, 7) is 8.91. The molecule has 3 atom stereocenters. The SMILES string of the molecule is CCC(C)N(CC)C1(CN)CC2CCC(C1)N2C.